The van der Waals surface area contributed by atoms with E-state index in [9.17, 15) is 0 Å². The molecule has 0 amide bonds. The largest absolute Gasteiger partial charge is 2.00 e. The number of aromatic nitrogens is 2. The van der Waals surface area contributed by atoms with Crippen LogP contribution in [0.3, 0.4) is 0 Å². The second-order valence-electron chi connectivity index (χ2n) is 14.7. The summed E-state index contributed by atoms with van der Waals surface area (Å²) in [5.41, 5.74) is 14.8. The van der Waals surface area contributed by atoms with Gasteiger partial charge < -0.3 is 13.6 Å². The van der Waals surface area contributed by atoms with E-state index in [0.29, 0.717) is 0 Å². The Labute approximate surface area is 358 Å². The van der Waals surface area contributed by atoms with E-state index in [2.05, 4.69) is 209 Å². The molecule has 0 spiro atoms. The zero-order valence-corrected chi connectivity index (χ0v) is 35.4. The van der Waals surface area contributed by atoms with E-state index in [1.54, 1.807) is 0 Å². The molecule has 0 saturated heterocycles. The predicted molar refractivity (Wildman–Crippen MR) is 236 cm³/mol. The Kier molecular flexibility index (Phi) is 8.26. The molecule has 3 nitrogen and oxygen atoms in total. The van der Waals surface area contributed by atoms with E-state index in [0.717, 1.165) is 66.7 Å². The van der Waals surface area contributed by atoms with Gasteiger partial charge in [-0.25, -0.2) is 5.56 Å². The minimum absolute atomic E-state index is 0. The van der Waals surface area contributed by atoms with E-state index in [1.165, 1.54) is 43.6 Å². The standard InChI is InChI=1S/C54H32N2O.U/c1-6-25-49-42(20-1)43-21-2-7-26-50(43)55(49)40-19-13-17-38(32-40)36-15-11-14-35(30-36)37-16-12-18-39(31-37)47-33-41(34-48-46-24-5-10-29-53(46)57-54(47)48)56-51-27-8-3-22-44(51)45-23-4-9-28-52(45)56;/h1-29,31,33-34H;/q-2;+2. The van der Waals surface area contributed by atoms with Crippen molar-refractivity contribution in [1.82, 2.24) is 9.13 Å². The normalized spacial score (nSPS) is 11.7. The van der Waals surface area contributed by atoms with Crippen LogP contribution in [0.4, 0.5) is 0 Å². The van der Waals surface area contributed by atoms with E-state index in [-0.39, 0.29) is 31.1 Å². The summed E-state index contributed by atoms with van der Waals surface area (Å²) in [6.07, 6.45) is 0. The Bertz CT molecular complexity index is 3440. The molecule has 0 radical (unpaired) electrons. The van der Waals surface area contributed by atoms with Crippen LogP contribution in [0.5, 0.6) is 0 Å². The zero-order chi connectivity index (χ0) is 37.5. The van der Waals surface area contributed by atoms with Crippen LogP contribution < -0.4 is 0 Å². The van der Waals surface area contributed by atoms with Crippen LogP contribution in [-0.4, -0.2) is 9.13 Å². The molecule has 12 rings (SSSR count). The molecule has 58 heavy (non-hydrogen) atoms. The fourth-order valence-electron chi connectivity index (χ4n) is 8.93. The van der Waals surface area contributed by atoms with Gasteiger partial charge in [0.25, 0.3) is 0 Å². The first-order valence-electron chi connectivity index (χ1n) is 19.4. The summed E-state index contributed by atoms with van der Waals surface area (Å²) in [7, 11) is 0. The van der Waals surface area contributed by atoms with Crippen LogP contribution in [0.15, 0.2) is 199 Å². The molecule has 268 valence electrons. The molecule has 0 saturated carbocycles. The van der Waals surface area contributed by atoms with Crippen molar-refractivity contribution in [2.24, 2.45) is 0 Å². The fraction of sp³-hybridized carbons (Fsp3) is 0. The molecule has 3 heterocycles. The average molecular weight is 963 g/mol. The third kappa shape index (κ3) is 5.41. The smallest absolute Gasteiger partial charge is 0.455 e. The van der Waals surface area contributed by atoms with Crippen molar-refractivity contribution in [3.8, 4) is 44.8 Å². The third-order valence-corrected chi connectivity index (χ3v) is 11.5. The molecule has 0 bridgehead atoms. The number of hydrogen-bond donors (Lipinski definition) is 0. The van der Waals surface area contributed by atoms with Crippen molar-refractivity contribution in [1.29, 1.82) is 0 Å². The molecule has 0 aliphatic carbocycles. The molecule has 4 heteroatoms. The van der Waals surface area contributed by atoms with Crippen LogP contribution in [0.25, 0.3) is 110 Å². The number of rotatable bonds is 5. The summed E-state index contributed by atoms with van der Waals surface area (Å²) in [5, 5.41) is 7.15. The Morgan fingerprint density at radius 1 is 0.362 bits per heavy atom. The Balaban J connectivity index is 0.00000385. The Hall–Kier alpha value is -6.57. The quantitative estimate of drug-likeness (QED) is 0.158. The van der Waals surface area contributed by atoms with Gasteiger partial charge >= 0.3 is 31.1 Å². The van der Waals surface area contributed by atoms with E-state index < -0.39 is 0 Å². The van der Waals surface area contributed by atoms with Crippen molar-refractivity contribution in [3.05, 3.63) is 206 Å². The van der Waals surface area contributed by atoms with Gasteiger partial charge in [-0.1, -0.05) is 121 Å². The maximum Gasteiger partial charge on any atom is 2.00 e. The van der Waals surface area contributed by atoms with Crippen molar-refractivity contribution < 1.29 is 35.5 Å². The van der Waals surface area contributed by atoms with Crippen molar-refractivity contribution in [2.45, 2.75) is 0 Å². The summed E-state index contributed by atoms with van der Waals surface area (Å²) in [6.45, 7) is 0. The van der Waals surface area contributed by atoms with Crippen LogP contribution in [0, 0.1) is 43.2 Å². The van der Waals surface area contributed by atoms with E-state index in [1.807, 2.05) is 6.07 Å². The second kappa shape index (κ2) is 13.8. The monoisotopic (exact) mass is 962 g/mol. The first-order valence-corrected chi connectivity index (χ1v) is 19.4. The van der Waals surface area contributed by atoms with Gasteiger partial charge in [-0.15, -0.1) is 23.8 Å². The SMILES string of the molecule is [U+2].[c-]1c(-c2[c-]c(-n3c4ccccc4c4ccccc43)ccc2)cccc1-c1cccc(-c2cc(-n3c4ccccc4c4ccccc43)cc3c2oc2ccccc23)c1. The molecule has 0 aliphatic heterocycles. The number of fused-ring (bicyclic) bond motifs is 9. The van der Waals surface area contributed by atoms with Crippen molar-refractivity contribution in [3.63, 3.8) is 0 Å². The maximum atomic E-state index is 6.68. The molecule has 9 aromatic carbocycles. The predicted octanol–water partition coefficient (Wildman–Crippen LogP) is 14.4. The number of para-hydroxylation sites is 5. The number of furan rings is 1. The summed E-state index contributed by atoms with van der Waals surface area (Å²) < 4.78 is 11.4. The zero-order valence-electron chi connectivity index (χ0n) is 31.3. The van der Waals surface area contributed by atoms with Crippen LogP contribution in [0.1, 0.15) is 0 Å². The summed E-state index contributed by atoms with van der Waals surface area (Å²) >= 11 is 0. The molecule has 0 N–H and O–H groups in total. The Morgan fingerprint density at radius 2 is 0.862 bits per heavy atom. The van der Waals surface area contributed by atoms with Crippen LogP contribution in [0.2, 0.25) is 0 Å². The van der Waals surface area contributed by atoms with E-state index >= 15 is 0 Å². The summed E-state index contributed by atoms with van der Waals surface area (Å²) in [6, 6.07) is 76.5. The summed E-state index contributed by atoms with van der Waals surface area (Å²) in [5.74, 6) is 0. The topological polar surface area (TPSA) is 23.0 Å². The molecule has 0 aliphatic rings. The summed E-state index contributed by atoms with van der Waals surface area (Å²) in [4.78, 5) is 0. The second-order valence-corrected chi connectivity index (χ2v) is 14.7. The average Bonchev–Trinajstić information content (AvgIpc) is 3.94. The fourth-order valence-corrected chi connectivity index (χ4v) is 8.93. The van der Waals surface area contributed by atoms with Gasteiger partial charge in [-0.05, 0) is 53.7 Å². The number of nitrogens with zero attached hydrogens (tertiary/aromatic N) is 2. The number of benzene rings is 9. The van der Waals surface area contributed by atoms with E-state index in [4.69, 9.17) is 4.42 Å². The van der Waals surface area contributed by atoms with Crippen molar-refractivity contribution >= 4 is 65.6 Å². The molecule has 3 aromatic heterocycles. The first-order chi connectivity index (χ1) is 28.3. The van der Waals surface area contributed by atoms with Gasteiger partial charge in [-0.2, -0.15) is 35.9 Å². The minimum atomic E-state index is 0. The van der Waals surface area contributed by atoms with Gasteiger partial charge in [-0.3, -0.25) is 0 Å². The molecular formula is C54H32N2OU. The van der Waals surface area contributed by atoms with Gasteiger partial charge in [0.15, 0.2) is 0 Å². The van der Waals surface area contributed by atoms with Crippen LogP contribution in [-0.2, 0) is 0 Å². The van der Waals surface area contributed by atoms with Crippen molar-refractivity contribution in [2.75, 3.05) is 0 Å². The molecule has 0 atom stereocenters. The third-order valence-electron chi connectivity index (χ3n) is 11.5. The molecule has 12 aromatic rings. The van der Waals surface area contributed by atoms with Crippen LogP contribution >= 0.6 is 0 Å². The van der Waals surface area contributed by atoms with Gasteiger partial charge in [0, 0.05) is 43.6 Å². The van der Waals surface area contributed by atoms with Gasteiger partial charge in [0.1, 0.15) is 11.2 Å². The molecular weight excluding hydrogens is 931 g/mol. The Morgan fingerprint density at radius 3 is 1.52 bits per heavy atom. The van der Waals surface area contributed by atoms with Gasteiger partial charge in [0.2, 0.25) is 0 Å². The van der Waals surface area contributed by atoms with Gasteiger partial charge in [0.05, 0.1) is 22.1 Å². The number of hydrogen-bond acceptors (Lipinski definition) is 1. The maximum absolute atomic E-state index is 6.68. The molecule has 0 fully saturated rings. The molecule has 0 unspecified atom stereocenters. The first kappa shape index (κ1) is 34.7. The minimum Gasteiger partial charge on any atom is -0.455 e.